The number of benzene rings is 2. The molecule has 7 heteroatoms. The van der Waals surface area contributed by atoms with Gasteiger partial charge in [-0.15, -0.1) is 0 Å². The van der Waals surface area contributed by atoms with E-state index >= 15 is 0 Å². The number of anilines is 1. The van der Waals surface area contributed by atoms with Gasteiger partial charge in [0.25, 0.3) is 15.9 Å². The number of carbonyl (C=O) groups excluding carboxylic acids is 1. The van der Waals surface area contributed by atoms with Crippen molar-refractivity contribution in [2.45, 2.75) is 24.7 Å². The van der Waals surface area contributed by atoms with E-state index in [2.05, 4.69) is 5.32 Å². The molecular formula is C19H25N3O3S. The van der Waals surface area contributed by atoms with Crippen LogP contribution in [-0.2, 0) is 10.0 Å². The number of nitrogens with zero attached hydrogens (tertiary/aromatic N) is 1. The average molecular weight is 375 g/mol. The minimum absolute atomic E-state index is 0.0952. The normalized spacial score (nSPS) is 11.2. The predicted molar refractivity (Wildman–Crippen MR) is 104 cm³/mol. The fourth-order valence-electron chi connectivity index (χ4n) is 2.50. The van der Waals surface area contributed by atoms with E-state index in [1.807, 2.05) is 13.0 Å². The molecule has 0 bridgehead atoms. The van der Waals surface area contributed by atoms with Gasteiger partial charge in [-0.1, -0.05) is 37.6 Å². The number of nitrogens with two attached hydrogens (primary N) is 1. The molecule has 0 aromatic heterocycles. The summed E-state index contributed by atoms with van der Waals surface area (Å²) < 4.78 is 27.8. The van der Waals surface area contributed by atoms with Crippen LogP contribution in [0, 0.1) is 0 Å². The highest BCUT2D eigenvalue weighted by atomic mass is 32.2. The molecule has 0 radical (unpaired) electrons. The molecule has 3 N–H and O–H groups in total. The number of unbranched alkanes of at least 4 members (excludes halogenated alkanes) is 1. The van der Waals surface area contributed by atoms with Gasteiger partial charge in [0.2, 0.25) is 0 Å². The van der Waals surface area contributed by atoms with E-state index in [4.69, 9.17) is 5.73 Å². The van der Waals surface area contributed by atoms with Crippen molar-refractivity contribution in [1.82, 2.24) is 5.32 Å². The first-order valence-corrected chi connectivity index (χ1v) is 10.1. The quantitative estimate of drug-likeness (QED) is 0.704. The van der Waals surface area contributed by atoms with Gasteiger partial charge in [0.15, 0.2) is 0 Å². The van der Waals surface area contributed by atoms with Crippen molar-refractivity contribution in [3.8, 4) is 0 Å². The van der Waals surface area contributed by atoms with E-state index in [1.165, 1.54) is 16.4 Å². The molecule has 2 aromatic rings. The first-order valence-electron chi connectivity index (χ1n) is 8.66. The molecule has 6 nitrogen and oxygen atoms in total. The molecule has 2 aromatic carbocycles. The summed E-state index contributed by atoms with van der Waals surface area (Å²) in [5, 5.41) is 2.65. The highest BCUT2D eigenvalue weighted by molar-refractivity contribution is 7.92. The molecule has 2 rings (SSSR count). The number of amides is 1. The molecule has 26 heavy (non-hydrogen) atoms. The topological polar surface area (TPSA) is 92.5 Å². The van der Waals surface area contributed by atoms with Gasteiger partial charge in [-0.3, -0.25) is 9.10 Å². The SMILES string of the molecule is CCCCN(c1ccccc1)S(=O)(=O)c1cccc(C(=O)NCCN)c1. The van der Waals surface area contributed by atoms with Gasteiger partial charge in [-0.05, 0) is 36.8 Å². The van der Waals surface area contributed by atoms with Crippen LogP contribution in [-0.4, -0.2) is 34.0 Å². The maximum absolute atomic E-state index is 13.2. The molecule has 1 amide bonds. The summed E-state index contributed by atoms with van der Waals surface area (Å²) in [6.07, 6.45) is 1.62. The zero-order chi connectivity index (χ0) is 19.0. The summed E-state index contributed by atoms with van der Waals surface area (Å²) in [4.78, 5) is 12.2. The fraction of sp³-hybridized carbons (Fsp3) is 0.316. The predicted octanol–water partition coefficient (Wildman–Crippen LogP) is 2.37. The Bertz CT molecular complexity index is 823. The highest BCUT2D eigenvalue weighted by Gasteiger charge is 2.25. The largest absolute Gasteiger partial charge is 0.351 e. The molecule has 0 fully saturated rings. The minimum atomic E-state index is -3.77. The summed E-state index contributed by atoms with van der Waals surface area (Å²) in [5.41, 5.74) is 6.29. The Labute approximate surface area is 155 Å². The van der Waals surface area contributed by atoms with Gasteiger partial charge in [0.05, 0.1) is 10.6 Å². The lowest BCUT2D eigenvalue weighted by Crippen LogP contribution is -2.32. The monoisotopic (exact) mass is 375 g/mol. The Morgan fingerprint density at radius 2 is 1.85 bits per heavy atom. The number of hydrogen-bond donors (Lipinski definition) is 2. The van der Waals surface area contributed by atoms with E-state index in [0.29, 0.717) is 30.9 Å². The molecule has 0 aliphatic heterocycles. The van der Waals surface area contributed by atoms with Crippen LogP contribution >= 0.6 is 0 Å². The number of para-hydroxylation sites is 1. The zero-order valence-corrected chi connectivity index (χ0v) is 15.7. The maximum Gasteiger partial charge on any atom is 0.264 e. The summed E-state index contributed by atoms with van der Waals surface area (Å²) in [6.45, 7) is 3.05. The van der Waals surface area contributed by atoms with E-state index in [1.54, 1.807) is 36.4 Å². The fourth-order valence-corrected chi connectivity index (χ4v) is 4.05. The van der Waals surface area contributed by atoms with Crippen LogP contribution < -0.4 is 15.4 Å². The van der Waals surface area contributed by atoms with E-state index in [0.717, 1.165) is 12.8 Å². The molecule has 0 atom stereocenters. The first-order chi connectivity index (χ1) is 12.5. The Morgan fingerprint density at radius 3 is 2.50 bits per heavy atom. The summed E-state index contributed by atoms with van der Waals surface area (Å²) in [5.74, 6) is -0.340. The average Bonchev–Trinajstić information content (AvgIpc) is 2.67. The van der Waals surface area contributed by atoms with Gasteiger partial charge in [0.1, 0.15) is 0 Å². The lowest BCUT2D eigenvalue weighted by molar-refractivity contribution is 0.0954. The third kappa shape index (κ3) is 4.83. The van der Waals surface area contributed by atoms with Crippen LogP contribution in [0.1, 0.15) is 30.1 Å². The van der Waals surface area contributed by atoms with E-state index in [9.17, 15) is 13.2 Å². The first kappa shape index (κ1) is 19.9. The molecule has 0 saturated carbocycles. The molecule has 0 aliphatic rings. The highest BCUT2D eigenvalue weighted by Crippen LogP contribution is 2.24. The Kier molecular flexibility index (Phi) is 7.17. The number of carbonyl (C=O) groups is 1. The lowest BCUT2D eigenvalue weighted by Gasteiger charge is -2.24. The van der Waals surface area contributed by atoms with Crippen LogP contribution in [0.5, 0.6) is 0 Å². The van der Waals surface area contributed by atoms with E-state index < -0.39 is 10.0 Å². The van der Waals surface area contributed by atoms with E-state index in [-0.39, 0.29) is 10.8 Å². The zero-order valence-electron chi connectivity index (χ0n) is 14.9. The van der Waals surface area contributed by atoms with Crippen molar-refractivity contribution in [3.63, 3.8) is 0 Å². The number of sulfonamides is 1. The van der Waals surface area contributed by atoms with Crippen LogP contribution in [0.25, 0.3) is 0 Å². The summed E-state index contributed by atoms with van der Waals surface area (Å²) in [6, 6.07) is 15.1. The second-order valence-electron chi connectivity index (χ2n) is 5.84. The van der Waals surface area contributed by atoms with Gasteiger partial charge in [0, 0.05) is 25.2 Å². The van der Waals surface area contributed by atoms with Gasteiger partial charge in [-0.25, -0.2) is 8.42 Å². The Hall–Kier alpha value is -2.38. The van der Waals surface area contributed by atoms with Crippen LogP contribution in [0.2, 0.25) is 0 Å². The summed E-state index contributed by atoms with van der Waals surface area (Å²) in [7, 11) is -3.77. The van der Waals surface area contributed by atoms with Crippen LogP contribution in [0.4, 0.5) is 5.69 Å². The van der Waals surface area contributed by atoms with Crippen molar-refractivity contribution in [2.75, 3.05) is 23.9 Å². The third-order valence-electron chi connectivity index (χ3n) is 3.87. The second kappa shape index (κ2) is 9.35. The number of nitrogens with one attached hydrogen (secondary N) is 1. The van der Waals surface area contributed by atoms with Crippen LogP contribution in [0.15, 0.2) is 59.5 Å². The molecule has 140 valence electrons. The molecule has 0 saturated heterocycles. The maximum atomic E-state index is 13.2. The van der Waals surface area contributed by atoms with Crippen molar-refractivity contribution < 1.29 is 13.2 Å². The lowest BCUT2D eigenvalue weighted by atomic mass is 10.2. The molecule has 0 aliphatic carbocycles. The number of rotatable bonds is 9. The minimum Gasteiger partial charge on any atom is -0.351 e. The van der Waals surface area contributed by atoms with Crippen molar-refractivity contribution >= 4 is 21.6 Å². The second-order valence-corrected chi connectivity index (χ2v) is 7.70. The third-order valence-corrected chi connectivity index (χ3v) is 5.70. The smallest absolute Gasteiger partial charge is 0.264 e. The number of hydrogen-bond acceptors (Lipinski definition) is 4. The van der Waals surface area contributed by atoms with Crippen molar-refractivity contribution in [1.29, 1.82) is 0 Å². The van der Waals surface area contributed by atoms with Gasteiger partial charge >= 0.3 is 0 Å². The van der Waals surface area contributed by atoms with Crippen molar-refractivity contribution in [3.05, 3.63) is 60.2 Å². The van der Waals surface area contributed by atoms with Crippen LogP contribution in [0.3, 0.4) is 0 Å². The van der Waals surface area contributed by atoms with Crippen molar-refractivity contribution in [2.24, 2.45) is 5.73 Å². The standard InChI is InChI=1S/C19H25N3O3S/c1-2-3-14-22(17-9-5-4-6-10-17)26(24,25)18-11-7-8-16(15-18)19(23)21-13-12-20/h4-11,15H,2-3,12-14,20H2,1H3,(H,21,23). The Balaban J connectivity index is 2.38. The molecular weight excluding hydrogens is 350 g/mol. The van der Waals surface area contributed by atoms with Gasteiger partial charge in [-0.2, -0.15) is 0 Å². The van der Waals surface area contributed by atoms with Gasteiger partial charge < -0.3 is 11.1 Å². The Morgan fingerprint density at radius 1 is 1.12 bits per heavy atom. The molecule has 0 unspecified atom stereocenters. The summed E-state index contributed by atoms with van der Waals surface area (Å²) >= 11 is 0. The molecule has 0 spiro atoms. The molecule has 0 heterocycles.